The van der Waals surface area contributed by atoms with Gasteiger partial charge in [0.05, 0.1) is 30.3 Å². The summed E-state index contributed by atoms with van der Waals surface area (Å²) >= 11 is 1.32. The van der Waals surface area contributed by atoms with E-state index in [1.165, 1.54) is 28.3 Å². The van der Waals surface area contributed by atoms with E-state index in [9.17, 15) is 9.18 Å². The lowest BCUT2D eigenvalue weighted by atomic mass is 10.1. The molecule has 0 unspecified atom stereocenters. The zero-order valence-electron chi connectivity index (χ0n) is 16.6. The van der Waals surface area contributed by atoms with Crippen molar-refractivity contribution in [2.75, 3.05) is 12.4 Å². The van der Waals surface area contributed by atoms with E-state index in [1.807, 2.05) is 30.5 Å². The van der Waals surface area contributed by atoms with Gasteiger partial charge in [-0.05, 0) is 38.1 Å². The smallest absolute Gasteiger partial charge is 0.260 e. The summed E-state index contributed by atoms with van der Waals surface area (Å²) in [6.07, 6.45) is 1.43. The fourth-order valence-electron chi connectivity index (χ4n) is 3.14. The summed E-state index contributed by atoms with van der Waals surface area (Å²) in [4.78, 5) is 17.3. The van der Waals surface area contributed by atoms with E-state index in [4.69, 9.17) is 4.74 Å². The first-order valence-electron chi connectivity index (χ1n) is 9.19. The molecule has 4 aromatic rings. The highest BCUT2D eigenvalue weighted by molar-refractivity contribution is 7.14. The van der Waals surface area contributed by atoms with E-state index < -0.39 is 5.82 Å². The van der Waals surface area contributed by atoms with Crippen molar-refractivity contribution in [2.45, 2.75) is 13.8 Å². The van der Waals surface area contributed by atoms with Crippen LogP contribution in [0, 0.1) is 19.7 Å². The van der Waals surface area contributed by atoms with Gasteiger partial charge in [-0.25, -0.2) is 14.1 Å². The maximum atomic E-state index is 14.1. The van der Waals surface area contributed by atoms with Crippen molar-refractivity contribution >= 4 is 22.4 Å². The molecule has 6 nitrogen and oxygen atoms in total. The number of halogens is 1. The van der Waals surface area contributed by atoms with Crippen LogP contribution in [0.3, 0.4) is 0 Å². The van der Waals surface area contributed by atoms with Crippen LogP contribution in [0.5, 0.6) is 5.75 Å². The Balaban J connectivity index is 1.58. The average Bonchev–Trinajstić information content (AvgIpc) is 3.35. The van der Waals surface area contributed by atoms with Crippen molar-refractivity contribution in [1.29, 1.82) is 0 Å². The Morgan fingerprint density at radius 2 is 2.00 bits per heavy atom. The average molecular weight is 422 g/mol. The summed E-state index contributed by atoms with van der Waals surface area (Å²) in [7, 11) is 1.61. The van der Waals surface area contributed by atoms with Gasteiger partial charge in [-0.1, -0.05) is 23.8 Å². The van der Waals surface area contributed by atoms with Crippen molar-refractivity contribution in [2.24, 2.45) is 0 Å². The van der Waals surface area contributed by atoms with Gasteiger partial charge in [0.2, 0.25) is 0 Å². The number of carbonyl (C=O) groups excluding carboxylic acids is 1. The van der Waals surface area contributed by atoms with Crippen LogP contribution in [-0.4, -0.2) is 27.8 Å². The van der Waals surface area contributed by atoms with Gasteiger partial charge in [-0.2, -0.15) is 5.10 Å². The molecule has 152 valence electrons. The molecule has 0 aliphatic rings. The molecule has 30 heavy (non-hydrogen) atoms. The number of para-hydroxylation sites is 1. The molecule has 0 atom stereocenters. The minimum absolute atomic E-state index is 0.289. The molecule has 2 heterocycles. The van der Waals surface area contributed by atoms with Crippen LogP contribution in [0.15, 0.2) is 54.0 Å². The SMILES string of the molecule is COc1ccc(C)cc1-c1csc(NC(=O)c2cnn(-c3ccccc3F)c2C)n1. The summed E-state index contributed by atoms with van der Waals surface area (Å²) in [6, 6.07) is 12.1. The summed E-state index contributed by atoms with van der Waals surface area (Å²) < 4.78 is 20.9. The predicted molar refractivity (Wildman–Crippen MR) is 115 cm³/mol. The van der Waals surface area contributed by atoms with Gasteiger partial charge < -0.3 is 4.74 Å². The standard InChI is InChI=1S/C22H19FN4O2S/c1-13-8-9-20(29-3)15(10-13)18-12-30-22(25-18)26-21(28)16-11-24-27(14(16)2)19-7-5-4-6-17(19)23/h4-12H,1-3H3,(H,25,26,28). The molecule has 0 radical (unpaired) electrons. The fraction of sp³-hybridized carbons (Fsp3) is 0.136. The van der Waals surface area contributed by atoms with Crippen LogP contribution in [0.25, 0.3) is 16.9 Å². The number of thiazole rings is 1. The molecule has 0 spiro atoms. The molecule has 0 fully saturated rings. The molecule has 1 amide bonds. The molecule has 0 aliphatic carbocycles. The third-order valence-electron chi connectivity index (χ3n) is 4.69. The van der Waals surface area contributed by atoms with Gasteiger partial charge in [0.1, 0.15) is 17.3 Å². The number of rotatable bonds is 5. The normalized spacial score (nSPS) is 10.8. The maximum Gasteiger partial charge on any atom is 0.260 e. The topological polar surface area (TPSA) is 69.0 Å². The molecule has 0 saturated carbocycles. The van der Waals surface area contributed by atoms with Crippen molar-refractivity contribution in [1.82, 2.24) is 14.8 Å². The number of nitrogens with one attached hydrogen (secondary N) is 1. The highest BCUT2D eigenvalue weighted by Crippen LogP contribution is 2.33. The number of carbonyl (C=O) groups is 1. The quantitative estimate of drug-likeness (QED) is 0.491. The molecule has 1 N–H and O–H groups in total. The van der Waals surface area contributed by atoms with Gasteiger partial charge in [0.15, 0.2) is 5.13 Å². The van der Waals surface area contributed by atoms with E-state index in [1.54, 1.807) is 32.2 Å². The van der Waals surface area contributed by atoms with Crippen molar-refractivity contribution in [3.8, 4) is 22.7 Å². The summed E-state index contributed by atoms with van der Waals surface area (Å²) in [5, 5.41) is 9.30. The fourth-order valence-corrected chi connectivity index (χ4v) is 3.85. The molecular weight excluding hydrogens is 403 g/mol. The zero-order valence-corrected chi connectivity index (χ0v) is 17.5. The van der Waals surface area contributed by atoms with E-state index in [0.717, 1.165) is 16.8 Å². The highest BCUT2D eigenvalue weighted by atomic mass is 32.1. The second-order valence-corrected chi connectivity index (χ2v) is 7.56. The Morgan fingerprint density at radius 1 is 1.20 bits per heavy atom. The monoisotopic (exact) mass is 422 g/mol. The minimum Gasteiger partial charge on any atom is -0.496 e. The van der Waals surface area contributed by atoms with E-state index in [0.29, 0.717) is 22.1 Å². The van der Waals surface area contributed by atoms with Crippen LogP contribution in [0.4, 0.5) is 9.52 Å². The molecular formula is C22H19FN4O2S. The number of aryl methyl sites for hydroxylation is 1. The number of anilines is 1. The number of nitrogens with zero attached hydrogens (tertiary/aromatic N) is 3. The van der Waals surface area contributed by atoms with Crippen molar-refractivity contribution < 1.29 is 13.9 Å². The lowest BCUT2D eigenvalue weighted by Crippen LogP contribution is -2.13. The summed E-state index contributed by atoms with van der Waals surface area (Å²) in [5.41, 5.74) is 3.84. The molecule has 4 rings (SSSR count). The first kappa shape index (κ1) is 19.8. The predicted octanol–water partition coefficient (Wildman–Crippen LogP) is 5.01. The summed E-state index contributed by atoms with van der Waals surface area (Å²) in [5.74, 6) is -0.0506. The number of methoxy groups -OCH3 is 1. The summed E-state index contributed by atoms with van der Waals surface area (Å²) in [6.45, 7) is 3.72. The Kier molecular flexibility index (Phi) is 5.33. The number of benzene rings is 2. The van der Waals surface area contributed by atoms with Crippen molar-refractivity contribution in [3.05, 3.63) is 76.7 Å². The number of hydrogen-bond donors (Lipinski definition) is 1. The third kappa shape index (κ3) is 3.69. The lowest BCUT2D eigenvalue weighted by molar-refractivity contribution is 0.102. The van der Waals surface area contributed by atoms with Gasteiger partial charge in [0.25, 0.3) is 5.91 Å². The van der Waals surface area contributed by atoms with Gasteiger partial charge >= 0.3 is 0 Å². The number of aromatic nitrogens is 3. The van der Waals surface area contributed by atoms with Crippen LogP contribution >= 0.6 is 11.3 Å². The minimum atomic E-state index is -0.410. The first-order valence-corrected chi connectivity index (χ1v) is 10.1. The van der Waals surface area contributed by atoms with E-state index in [-0.39, 0.29) is 11.6 Å². The van der Waals surface area contributed by atoms with E-state index >= 15 is 0 Å². The third-order valence-corrected chi connectivity index (χ3v) is 5.45. The number of hydrogen-bond acceptors (Lipinski definition) is 5. The van der Waals surface area contributed by atoms with Crippen LogP contribution < -0.4 is 10.1 Å². The first-order chi connectivity index (χ1) is 14.5. The molecule has 2 aromatic heterocycles. The molecule has 0 aliphatic heterocycles. The zero-order chi connectivity index (χ0) is 21.3. The number of ether oxygens (including phenoxy) is 1. The number of amides is 1. The van der Waals surface area contributed by atoms with Gasteiger partial charge in [0, 0.05) is 10.9 Å². The van der Waals surface area contributed by atoms with Crippen molar-refractivity contribution in [3.63, 3.8) is 0 Å². The molecule has 0 saturated heterocycles. The molecule has 8 heteroatoms. The van der Waals surface area contributed by atoms with Crippen LogP contribution in [-0.2, 0) is 0 Å². The highest BCUT2D eigenvalue weighted by Gasteiger charge is 2.18. The Hall–Kier alpha value is -3.52. The Morgan fingerprint density at radius 3 is 2.77 bits per heavy atom. The second kappa shape index (κ2) is 8.08. The van der Waals surface area contributed by atoms with Crippen LogP contribution in [0.1, 0.15) is 21.6 Å². The molecule has 0 bridgehead atoms. The second-order valence-electron chi connectivity index (χ2n) is 6.70. The van der Waals surface area contributed by atoms with E-state index in [2.05, 4.69) is 15.4 Å². The largest absolute Gasteiger partial charge is 0.496 e. The van der Waals surface area contributed by atoms with Gasteiger partial charge in [-0.15, -0.1) is 11.3 Å². The Labute approximate surface area is 177 Å². The molecule has 2 aromatic carbocycles. The van der Waals surface area contributed by atoms with Gasteiger partial charge in [-0.3, -0.25) is 10.1 Å². The van der Waals surface area contributed by atoms with Crippen LogP contribution in [0.2, 0.25) is 0 Å². The maximum absolute atomic E-state index is 14.1. The lowest BCUT2D eigenvalue weighted by Gasteiger charge is -2.07. The Bertz CT molecular complexity index is 1230.